The number of hydrogen-bond acceptors (Lipinski definition) is 6. The third-order valence-corrected chi connectivity index (χ3v) is 4.72. The number of nitrogens with zero attached hydrogens (tertiary/aromatic N) is 5. The lowest BCUT2D eigenvalue weighted by Gasteiger charge is -2.07. The Morgan fingerprint density at radius 2 is 1.79 bits per heavy atom. The zero-order valence-corrected chi connectivity index (χ0v) is 15.4. The minimum absolute atomic E-state index is 0.159. The van der Waals surface area contributed by atoms with Crippen molar-refractivity contribution >= 4 is 0 Å². The molecule has 1 aliphatic rings. The van der Waals surface area contributed by atoms with Gasteiger partial charge in [0.25, 0.3) is 5.89 Å². The highest BCUT2D eigenvalue weighted by Crippen LogP contribution is 2.40. The highest BCUT2D eigenvalue weighted by molar-refractivity contribution is 5.68. The minimum atomic E-state index is -0.452. The van der Waals surface area contributed by atoms with Gasteiger partial charge in [-0.1, -0.05) is 5.16 Å². The lowest BCUT2D eigenvalue weighted by molar-refractivity contribution is 0.430. The lowest BCUT2D eigenvalue weighted by atomic mass is 10.1. The molecule has 0 unspecified atom stereocenters. The molecule has 0 aromatic carbocycles. The molecule has 4 heterocycles. The van der Waals surface area contributed by atoms with Gasteiger partial charge in [-0.25, -0.2) is 18.7 Å². The van der Waals surface area contributed by atoms with Crippen LogP contribution in [0.2, 0.25) is 0 Å². The Kier molecular flexibility index (Phi) is 4.12. The van der Waals surface area contributed by atoms with E-state index in [1.54, 1.807) is 12.3 Å². The Labute approximate surface area is 164 Å². The maximum absolute atomic E-state index is 14.4. The number of rotatable bonds is 4. The van der Waals surface area contributed by atoms with Crippen LogP contribution in [-0.2, 0) is 0 Å². The molecule has 0 N–H and O–H groups in total. The third kappa shape index (κ3) is 3.49. The summed E-state index contributed by atoms with van der Waals surface area (Å²) in [4.78, 5) is 17.0. The van der Waals surface area contributed by atoms with Gasteiger partial charge in [-0.2, -0.15) is 4.98 Å². The molecule has 6 nitrogen and oxygen atoms in total. The molecule has 8 heteroatoms. The van der Waals surface area contributed by atoms with Crippen molar-refractivity contribution in [3.05, 3.63) is 65.7 Å². The third-order valence-electron chi connectivity index (χ3n) is 4.72. The SMILES string of the molecule is Cc1cc(-c2cnc(C3CC3)c(F)c2)cc(-c2noc(-c3ccc(F)cn3)n2)n1. The molecule has 1 aliphatic carbocycles. The van der Waals surface area contributed by atoms with Crippen LogP contribution < -0.4 is 0 Å². The summed E-state index contributed by atoms with van der Waals surface area (Å²) in [7, 11) is 0. The van der Waals surface area contributed by atoms with Gasteiger partial charge in [0.2, 0.25) is 5.82 Å². The van der Waals surface area contributed by atoms with E-state index < -0.39 is 5.82 Å². The van der Waals surface area contributed by atoms with E-state index in [2.05, 4.69) is 25.1 Å². The normalized spacial score (nSPS) is 13.6. The van der Waals surface area contributed by atoms with Gasteiger partial charge in [0.1, 0.15) is 23.0 Å². The minimum Gasteiger partial charge on any atom is -0.332 e. The Hall–Kier alpha value is -3.55. The summed E-state index contributed by atoms with van der Waals surface area (Å²) in [6, 6.07) is 7.83. The molecule has 0 saturated heterocycles. The number of aryl methyl sites for hydroxylation is 1. The second-order valence-corrected chi connectivity index (χ2v) is 7.03. The van der Waals surface area contributed by atoms with E-state index in [4.69, 9.17) is 4.52 Å². The molecule has 0 amide bonds. The summed E-state index contributed by atoms with van der Waals surface area (Å²) in [5.41, 5.74) is 3.50. The molecular formula is C21H15F2N5O. The smallest absolute Gasteiger partial charge is 0.276 e. The first-order valence-corrected chi connectivity index (χ1v) is 9.17. The van der Waals surface area contributed by atoms with Crippen LogP contribution >= 0.6 is 0 Å². The standard InChI is InChI=1S/C21H15F2N5O/c1-11-6-13(14-7-16(23)19(25-9-14)12-2-3-12)8-18(26-11)20-27-21(29-28-20)17-5-4-15(22)10-24-17/h4-10,12H,2-3H2,1H3. The van der Waals surface area contributed by atoms with Crippen LogP contribution in [0.25, 0.3) is 34.2 Å². The summed E-state index contributed by atoms with van der Waals surface area (Å²) in [5.74, 6) is -0.0701. The predicted octanol–water partition coefficient (Wildman–Crippen LogP) is 4.72. The quantitative estimate of drug-likeness (QED) is 0.501. The number of halogens is 2. The summed E-state index contributed by atoms with van der Waals surface area (Å²) in [5, 5.41) is 3.95. The largest absolute Gasteiger partial charge is 0.332 e. The van der Waals surface area contributed by atoms with Crippen molar-refractivity contribution in [2.24, 2.45) is 0 Å². The zero-order valence-electron chi connectivity index (χ0n) is 15.4. The van der Waals surface area contributed by atoms with Crippen molar-refractivity contribution in [3.8, 4) is 34.2 Å². The summed E-state index contributed by atoms with van der Waals surface area (Å²) < 4.78 is 32.7. The second kappa shape index (κ2) is 6.80. The highest BCUT2D eigenvalue weighted by atomic mass is 19.1. The van der Waals surface area contributed by atoms with E-state index in [-0.39, 0.29) is 23.5 Å². The van der Waals surface area contributed by atoms with Gasteiger partial charge in [-0.15, -0.1) is 0 Å². The highest BCUT2D eigenvalue weighted by Gasteiger charge is 2.28. The first kappa shape index (κ1) is 17.5. The van der Waals surface area contributed by atoms with E-state index >= 15 is 0 Å². The van der Waals surface area contributed by atoms with Gasteiger partial charge in [0.15, 0.2) is 0 Å². The predicted molar refractivity (Wildman–Crippen MR) is 101 cm³/mol. The van der Waals surface area contributed by atoms with Gasteiger partial charge in [-0.3, -0.25) is 4.98 Å². The Balaban J connectivity index is 1.50. The summed E-state index contributed by atoms with van der Waals surface area (Å²) in [6.07, 6.45) is 4.74. The Morgan fingerprint density at radius 1 is 0.931 bits per heavy atom. The molecule has 1 fully saturated rings. The Morgan fingerprint density at radius 3 is 2.52 bits per heavy atom. The van der Waals surface area contributed by atoms with Gasteiger partial charge < -0.3 is 4.52 Å². The molecular weight excluding hydrogens is 376 g/mol. The molecule has 5 rings (SSSR count). The average Bonchev–Trinajstić information content (AvgIpc) is 3.43. The van der Waals surface area contributed by atoms with Gasteiger partial charge in [-0.05, 0) is 55.7 Å². The van der Waals surface area contributed by atoms with Crippen LogP contribution in [0.3, 0.4) is 0 Å². The Bertz CT molecular complexity index is 1200. The van der Waals surface area contributed by atoms with Crippen LogP contribution in [0.15, 0.2) is 47.2 Å². The summed E-state index contributed by atoms with van der Waals surface area (Å²) >= 11 is 0. The fourth-order valence-corrected chi connectivity index (χ4v) is 3.15. The molecule has 29 heavy (non-hydrogen) atoms. The van der Waals surface area contributed by atoms with Crippen molar-refractivity contribution < 1.29 is 13.3 Å². The molecule has 144 valence electrons. The molecule has 0 spiro atoms. The van der Waals surface area contributed by atoms with Gasteiger partial charge >= 0.3 is 0 Å². The topological polar surface area (TPSA) is 77.6 Å². The van der Waals surface area contributed by atoms with Crippen molar-refractivity contribution in [1.29, 1.82) is 0 Å². The van der Waals surface area contributed by atoms with Gasteiger partial charge in [0.05, 0.1) is 11.9 Å². The van der Waals surface area contributed by atoms with Crippen molar-refractivity contribution in [2.45, 2.75) is 25.7 Å². The molecule has 4 aromatic heterocycles. The first-order chi connectivity index (χ1) is 14.1. The fraction of sp³-hybridized carbons (Fsp3) is 0.190. The number of hydrogen-bond donors (Lipinski definition) is 0. The van der Waals surface area contributed by atoms with E-state index in [1.807, 2.05) is 13.0 Å². The zero-order chi connectivity index (χ0) is 20.0. The van der Waals surface area contributed by atoms with Crippen molar-refractivity contribution in [1.82, 2.24) is 25.1 Å². The molecule has 4 aromatic rings. The van der Waals surface area contributed by atoms with Crippen molar-refractivity contribution in [3.63, 3.8) is 0 Å². The monoisotopic (exact) mass is 391 g/mol. The molecule has 0 atom stereocenters. The van der Waals surface area contributed by atoms with Gasteiger partial charge in [0, 0.05) is 23.4 Å². The fourth-order valence-electron chi connectivity index (χ4n) is 3.15. The molecule has 0 bridgehead atoms. The van der Waals surface area contributed by atoms with Crippen LogP contribution in [-0.4, -0.2) is 25.1 Å². The average molecular weight is 391 g/mol. The summed E-state index contributed by atoms with van der Waals surface area (Å²) in [6.45, 7) is 1.83. The van der Waals surface area contributed by atoms with E-state index in [0.717, 1.165) is 30.3 Å². The first-order valence-electron chi connectivity index (χ1n) is 9.17. The molecule has 0 aliphatic heterocycles. The number of aromatic nitrogens is 5. The van der Waals surface area contributed by atoms with Crippen LogP contribution in [0.5, 0.6) is 0 Å². The van der Waals surface area contributed by atoms with E-state index in [9.17, 15) is 8.78 Å². The lowest BCUT2D eigenvalue weighted by Crippen LogP contribution is -1.95. The maximum atomic E-state index is 14.4. The molecule has 0 radical (unpaired) electrons. The molecule has 1 saturated carbocycles. The van der Waals surface area contributed by atoms with Crippen LogP contribution in [0, 0.1) is 18.6 Å². The second-order valence-electron chi connectivity index (χ2n) is 7.03. The van der Waals surface area contributed by atoms with Crippen molar-refractivity contribution in [2.75, 3.05) is 0 Å². The number of pyridine rings is 3. The maximum Gasteiger partial charge on any atom is 0.276 e. The van der Waals surface area contributed by atoms with Crippen LogP contribution in [0.1, 0.15) is 30.1 Å². The van der Waals surface area contributed by atoms with Crippen LogP contribution in [0.4, 0.5) is 8.78 Å². The van der Waals surface area contributed by atoms with E-state index in [0.29, 0.717) is 22.6 Å². The van der Waals surface area contributed by atoms with E-state index in [1.165, 1.54) is 18.2 Å².